The van der Waals surface area contributed by atoms with Crippen molar-refractivity contribution in [2.45, 2.75) is 38.6 Å². The number of urea groups is 1. The smallest absolute Gasteiger partial charge is 0.317 e. The molecule has 20 heavy (non-hydrogen) atoms. The third-order valence-corrected chi connectivity index (χ3v) is 5.64. The molecule has 0 aromatic carbocycles. The Morgan fingerprint density at radius 2 is 1.60 bits per heavy atom. The van der Waals surface area contributed by atoms with Crippen molar-refractivity contribution in [3.05, 3.63) is 0 Å². The van der Waals surface area contributed by atoms with Gasteiger partial charge in [0.15, 0.2) is 0 Å². The van der Waals surface area contributed by atoms with Crippen LogP contribution in [-0.2, 0) is 10.0 Å². The maximum Gasteiger partial charge on any atom is 0.317 e. The lowest BCUT2D eigenvalue weighted by atomic mass is 9.87. The summed E-state index contributed by atoms with van der Waals surface area (Å²) in [6, 6.07) is 0.240. The van der Waals surface area contributed by atoms with Crippen LogP contribution in [0.4, 0.5) is 4.79 Å². The summed E-state index contributed by atoms with van der Waals surface area (Å²) in [7, 11) is -3.13. The van der Waals surface area contributed by atoms with E-state index in [1.807, 2.05) is 0 Å². The summed E-state index contributed by atoms with van der Waals surface area (Å²) < 4.78 is 24.3. The zero-order chi connectivity index (χ0) is 14.8. The first-order valence-corrected chi connectivity index (χ1v) is 9.21. The molecule has 0 aromatic heterocycles. The first kappa shape index (κ1) is 15.6. The molecular formula is C13H25N3O3S. The van der Waals surface area contributed by atoms with Crippen LogP contribution in [0.2, 0.25) is 0 Å². The number of nitrogens with zero attached hydrogens (tertiary/aromatic N) is 2. The molecule has 2 rings (SSSR count). The van der Waals surface area contributed by atoms with E-state index in [1.54, 1.807) is 4.90 Å². The monoisotopic (exact) mass is 303 g/mol. The Morgan fingerprint density at radius 1 is 1.05 bits per heavy atom. The summed E-state index contributed by atoms with van der Waals surface area (Å²) in [5.41, 5.74) is 0. The molecule has 2 fully saturated rings. The Morgan fingerprint density at radius 3 is 2.10 bits per heavy atom. The summed E-state index contributed by atoms with van der Waals surface area (Å²) in [4.78, 5) is 13.9. The van der Waals surface area contributed by atoms with Gasteiger partial charge in [0.05, 0.1) is 6.26 Å². The van der Waals surface area contributed by atoms with Gasteiger partial charge in [-0.25, -0.2) is 13.2 Å². The molecule has 0 radical (unpaired) electrons. The largest absolute Gasteiger partial charge is 0.335 e. The number of rotatable bonds is 2. The second kappa shape index (κ2) is 6.30. The van der Waals surface area contributed by atoms with E-state index < -0.39 is 10.0 Å². The predicted molar refractivity (Wildman–Crippen MR) is 77.9 cm³/mol. The highest BCUT2D eigenvalue weighted by Crippen LogP contribution is 2.23. The van der Waals surface area contributed by atoms with Crippen molar-refractivity contribution in [2.24, 2.45) is 5.92 Å². The molecule has 1 saturated carbocycles. The highest BCUT2D eigenvalue weighted by molar-refractivity contribution is 7.88. The Hall–Kier alpha value is -0.820. The van der Waals surface area contributed by atoms with E-state index in [0.717, 1.165) is 18.8 Å². The fourth-order valence-electron chi connectivity index (χ4n) is 2.89. The lowest BCUT2D eigenvalue weighted by molar-refractivity contribution is 0.164. The molecule has 1 saturated heterocycles. The van der Waals surface area contributed by atoms with Gasteiger partial charge in [-0.15, -0.1) is 0 Å². The average Bonchev–Trinajstić information content (AvgIpc) is 2.40. The van der Waals surface area contributed by atoms with Gasteiger partial charge in [0.2, 0.25) is 10.0 Å². The fourth-order valence-corrected chi connectivity index (χ4v) is 3.72. The number of hydrogen-bond acceptors (Lipinski definition) is 3. The van der Waals surface area contributed by atoms with Crippen molar-refractivity contribution in [1.82, 2.24) is 14.5 Å². The molecule has 1 aliphatic heterocycles. The van der Waals surface area contributed by atoms with Crippen LogP contribution in [0.3, 0.4) is 0 Å². The maximum atomic E-state index is 12.2. The number of hydrogen-bond donors (Lipinski definition) is 1. The Balaban J connectivity index is 1.77. The first-order chi connectivity index (χ1) is 9.36. The lowest BCUT2D eigenvalue weighted by Crippen LogP contribution is -2.54. The summed E-state index contributed by atoms with van der Waals surface area (Å²) in [6.45, 7) is 3.99. The van der Waals surface area contributed by atoms with Crippen LogP contribution >= 0.6 is 0 Å². The van der Waals surface area contributed by atoms with E-state index in [0.29, 0.717) is 26.2 Å². The van der Waals surface area contributed by atoms with Crippen molar-refractivity contribution in [2.75, 3.05) is 32.4 Å². The van der Waals surface area contributed by atoms with Gasteiger partial charge in [0.25, 0.3) is 0 Å². The number of sulfonamides is 1. The first-order valence-electron chi connectivity index (χ1n) is 7.37. The Labute approximate surface area is 121 Å². The van der Waals surface area contributed by atoms with Crippen LogP contribution < -0.4 is 5.32 Å². The highest BCUT2D eigenvalue weighted by atomic mass is 32.2. The van der Waals surface area contributed by atoms with Crippen LogP contribution in [-0.4, -0.2) is 62.1 Å². The summed E-state index contributed by atoms with van der Waals surface area (Å²) >= 11 is 0. The molecule has 2 aliphatic rings. The minimum Gasteiger partial charge on any atom is -0.335 e. The van der Waals surface area contributed by atoms with Gasteiger partial charge in [-0.05, 0) is 31.6 Å². The molecule has 2 amide bonds. The van der Waals surface area contributed by atoms with E-state index in [2.05, 4.69) is 12.2 Å². The Bertz CT molecular complexity index is 436. The zero-order valence-corrected chi connectivity index (χ0v) is 13.2. The van der Waals surface area contributed by atoms with Crippen LogP contribution in [0.1, 0.15) is 32.6 Å². The summed E-state index contributed by atoms with van der Waals surface area (Å²) in [5.74, 6) is 0.765. The van der Waals surface area contributed by atoms with Gasteiger partial charge < -0.3 is 10.2 Å². The van der Waals surface area contributed by atoms with E-state index in [1.165, 1.54) is 23.4 Å². The van der Waals surface area contributed by atoms with Crippen molar-refractivity contribution >= 4 is 16.1 Å². The molecule has 1 heterocycles. The number of carbonyl (C=O) groups is 1. The van der Waals surface area contributed by atoms with Gasteiger partial charge in [-0.3, -0.25) is 0 Å². The standard InChI is InChI=1S/C13H25N3O3S/c1-11-3-5-12(6-4-11)14-13(17)15-7-9-16(10-8-15)20(2,18)19/h11-12H,3-10H2,1-2H3,(H,14,17). The topological polar surface area (TPSA) is 69.7 Å². The minimum atomic E-state index is -3.13. The van der Waals surface area contributed by atoms with Crippen LogP contribution in [0.5, 0.6) is 0 Å². The van der Waals surface area contributed by atoms with Gasteiger partial charge in [0, 0.05) is 32.2 Å². The zero-order valence-electron chi connectivity index (χ0n) is 12.3. The summed E-state index contributed by atoms with van der Waals surface area (Å²) in [6.07, 6.45) is 5.66. The quantitative estimate of drug-likeness (QED) is 0.822. The second-order valence-electron chi connectivity index (χ2n) is 6.06. The van der Waals surface area contributed by atoms with Crippen LogP contribution in [0.15, 0.2) is 0 Å². The molecular weight excluding hydrogens is 278 g/mol. The maximum absolute atomic E-state index is 12.2. The van der Waals surface area contributed by atoms with Crippen molar-refractivity contribution in [1.29, 1.82) is 0 Å². The van der Waals surface area contributed by atoms with E-state index in [9.17, 15) is 13.2 Å². The predicted octanol–water partition coefficient (Wildman–Crippen LogP) is 0.852. The molecule has 6 nitrogen and oxygen atoms in total. The number of nitrogens with one attached hydrogen (secondary N) is 1. The van der Waals surface area contributed by atoms with Gasteiger partial charge in [0.1, 0.15) is 0 Å². The molecule has 0 aromatic rings. The summed E-state index contributed by atoms with van der Waals surface area (Å²) in [5, 5.41) is 3.08. The van der Waals surface area contributed by atoms with E-state index in [-0.39, 0.29) is 12.1 Å². The third-order valence-electron chi connectivity index (χ3n) is 4.34. The SMILES string of the molecule is CC1CCC(NC(=O)N2CCN(S(C)(=O)=O)CC2)CC1. The molecule has 0 atom stereocenters. The fraction of sp³-hybridized carbons (Fsp3) is 0.923. The van der Waals surface area contributed by atoms with Crippen LogP contribution in [0, 0.1) is 5.92 Å². The molecule has 7 heteroatoms. The van der Waals surface area contributed by atoms with Gasteiger partial charge in [-0.1, -0.05) is 6.92 Å². The molecule has 116 valence electrons. The van der Waals surface area contributed by atoms with E-state index >= 15 is 0 Å². The number of piperazine rings is 1. The number of amides is 2. The van der Waals surface area contributed by atoms with Crippen molar-refractivity contribution in [3.8, 4) is 0 Å². The average molecular weight is 303 g/mol. The van der Waals surface area contributed by atoms with Crippen molar-refractivity contribution in [3.63, 3.8) is 0 Å². The Kier molecular flexibility index (Phi) is 4.90. The molecule has 0 spiro atoms. The highest BCUT2D eigenvalue weighted by Gasteiger charge is 2.27. The molecule has 0 bridgehead atoms. The molecule has 1 N–H and O–H groups in total. The lowest BCUT2D eigenvalue weighted by Gasteiger charge is -2.35. The van der Waals surface area contributed by atoms with Crippen molar-refractivity contribution < 1.29 is 13.2 Å². The van der Waals surface area contributed by atoms with Crippen LogP contribution in [0.25, 0.3) is 0 Å². The second-order valence-corrected chi connectivity index (χ2v) is 8.04. The molecule has 0 unspecified atom stereocenters. The minimum absolute atomic E-state index is 0.0438. The third kappa shape index (κ3) is 4.09. The normalized spacial score (nSPS) is 29.2. The van der Waals surface area contributed by atoms with Gasteiger partial charge in [-0.2, -0.15) is 4.31 Å². The number of carbonyl (C=O) groups excluding carboxylic acids is 1. The van der Waals surface area contributed by atoms with Gasteiger partial charge >= 0.3 is 6.03 Å². The van der Waals surface area contributed by atoms with E-state index in [4.69, 9.17) is 0 Å². The molecule has 1 aliphatic carbocycles.